The molecule has 1 atom stereocenters. The summed E-state index contributed by atoms with van der Waals surface area (Å²) < 4.78 is 10.6. The molecule has 2 aromatic carbocycles. The summed E-state index contributed by atoms with van der Waals surface area (Å²) >= 11 is 0. The van der Waals surface area contributed by atoms with Gasteiger partial charge in [0.15, 0.2) is 0 Å². The Hall–Kier alpha value is -3.95. The molecule has 0 saturated carbocycles. The molecule has 0 unspecified atom stereocenters. The second kappa shape index (κ2) is 9.04. The number of carbonyl (C=O) groups excluding carboxylic acids is 1. The zero-order chi connectivity index (χ0) is 22.7. The van der Waals surface area contributed by atoms with E-state index in [9.17, 15) is 14.9 Å². The van der Waals surface area contributed by atoms with Gasteiger partial charge in [0, 0.05) is 24.7 Å². The van der Waals surface area contributed by atoms with Crippen molar-refractivity contribution in [2.75, 3.05) is 30.4 Å². The van der Waals surface area contributed by atoms with Crippen molar-refractivity contribution in [1.29, 1.82) is 0 Å². The summed E-state index contributed by atoms with van der Waals surface area (Å²) in [6, 6.07) is 12.4. The van der Waals surface area contributed by atoms with Crippen LogP contribution in [0.15, 0.2) is 47.0 Å². The van der Waals surface area contributed by atoms with Gasteiger partial charge in [-0.05, 0) is 50.1 Å². The molecule has 1 saturated heterocycles. The number of amides is 1. The van der Waals surface area contributed by atoms with Crippen molar-refractivity contribution in [3.8, 4) is 17.1 Å². The summed E-state index contributed by atoms with van der Waals surface area (Å²) in [5.74, 6) is 0.703. The van der Waals surface area contributed by atoms with Crippen LogP contribution < -0.4 is 15.0 Å². The molecular formula is C22H23N5O5. The van der Waals surface area contributed by atoms with Gasteiger partial charge in [-0.2, -0.15) is 4.98 Å². The molecule has 0 bridgehead atoms. The second-order valence-corrected chi connectivity index (χ2v) is 7.61. The molecule has 1 aliphatic rings. The minimum absolute atomic E-state index is 0.0232. The summed E-state index contributed by atoms with van der Waals surface area (Å²) in [4.78, 5) is 30.0. The summed E-state index contributed by atoms with van der Waals surface area (Å²) in [5.41, 5.74) is 1.65. The van der Waals surface area contributed by atoms with Gasteiger partial charge in [0.2, 0.25) is 11.7 Å². The maximum absolute atomic E-state index is 12.9. The molecule has 1 amide bonds. The third-order valence-electron chi connectivity index (χ3n) is 5.59. The molecule has 3 aromatic rings. The minimum Gasteiger partial charge on any atom is -0.497 e. The van der Waals surface area contributed by atoms with E-state index >= 15 is 0 Å². The molecule has 1 aliphatic heterocycles. The first-order valence-corrected chi connectivity index (χ1v) is 10.2. The van der Waals surface area contributed by atoms with Crippen molar-refractivity contribution in [3.63, 3.8) is 0 Å². The van der Waals surface area contributed by atoms with E-state index in [4.69, 9.17) is 9.26 Å². The third kappa shape index (κ3) is 4.39. The van der Waals surface area contributed by atoms with Crippen LogP contribution in [-0.2, 0) is 4.79 Å². The first kappa shape index (κ1) is 21.3. The van der Waals surface area contributed by atoms with Crippen molar-refractivity contribution in [1.82, 2.24) is 10.1 Å². The van der Waals surface area contributed by atoms with E-state index in [-0.39, 0.29) is 17.5 Å². The Morgan fingerprint density at radius 3 is 2.78 bits per heavy atom. The van der Waals surface area contributed by atoms with Crippen molar-refractivity contribution >= 4 is 23.3 Å². The van der Waals surface area contributed by atoms with Crippen LogP contribution in [-0.4, -0.2) is 41.2 Å². The molecule has 0 spiro atoms. The first-order chi connectivity index (χ1) is 15.5. The number of nitro benzene ring substituents is 1. The predicted molar refractivity (Wildman–Crippen MR) is 118 cm³/mol. The SMILES string of the molecule is COc1ccc(-c2noc(N3CCC[C@H](C(=O)Nc4cccc([N+](=O)[O-])c4C)C3)n2)cc1. The van der Waals surface area contributed by atoms with Gasteiger partial charge in [-0.25, -0.2) is 0 Å². The normalized spacial score (nSPS) is 15.9. The van der Waals surface area contributed by atoms with Crippen LogP contribution in [0, 0.1) is 23.0 Å². The number of aromatic nitrogens is 2. The average Bonchev–Trinajstić information content (AvgIpc) is 3.31. The number of anilines is 2. The maximum Gasteiger partial charge on any atom is 0.324 e. The topological polar surface area (TPSA) is 124 Å². The Morgan fingerprint density at radius 1 is 1.28 bits per heavy atom. The van der Waals surface area contributed by atoms with E-state index in [2.05, 4.69) is 15.5 Å². The van der Waals surface area contributed by atoms with Gasteiger partial charge in [0.05, 0.1) is 29.2 Å². The lowest BCUT2D eigenvalue weighted by Crippen LogP contribution is -2.41. The standard InChI is InChI=1S/C22H23N5O5/c1-14-18(6-3-7-19(14)27(29)30)23-21(28)16-5-4-12-26(13-16)22-24-20(25-32-22)15-8-10-17(31-2)11-9-15/h3,6-11,16H,4-5,12-13H2,1-2H3,(H,23,28)/t16-/m0/s1. The van der Waals surface area contributed by atoms with E-state index < -0.39 is 4.92 Å². The van der Waals surface area contributed by atoms with Gasteiger partial charge in [0.1, 0.15) is 5.75 Å². The lowest BCUT2D eigenvalue weighted by Gasteiger charge is -2.30. The number of hydrogen-bond donors (Lipinski definition) is 1. The minimum atomic E-state index is -0.455. The zero-order valence-corrected chi connectivity index (χ0v) is 17.8. The highest BCUT2D eigenvalue weighted by molar-refractivity contribution is 5.94. The molecule has 10 heteroatoms. The number of nitrogens with one attached hydrogen (secondary N) is 1. The second-order valence-electron chi connectivity index (χ2n) is 7.61. The van der Waals surface area contributed by atoms with E-state index in [0.29, 0.717) is 42.6 Å². The molecule has 10 nitrogen and oxygen atoms in total. The number of ether oxygens (including phenoxy) is 1. The quantitative estimate of drug-likeness (QED) is 0.456. The molecule has 1 aromatic heterocycles. The van der Waals surface area contributed by atoms with Gasteiger partial charge >= 0.3 is 6.01 Å². The maximum atomic E-state index is 12.9. The molecule has 4 rings (SSSR count). The number of rotatable bonds is 6. The number of carbonyl (C=O) groups is 1. The fourth-order valence-corrected chi connectivity index (χ4v) is 3.76. The molecule has 1 fully saturated rings. The highest BCUT2D eigenvalue weighted by Crippen LogP contribution is 2.28. The van der Waals surface area contributed by atoms with Crippen LogP contribution in [0.3, 0.4) is 0 Å². The van der Waals surface area contributed by atoms with E-state index in [1.807, 2.05) is 29.2 Å². The van der Waals surface area contributed by atoms with Gasteiger partial charge in [-0.15, -0.1) is 0 Å². The summed E-state index contributed by atoms with van der Waals surface area (Å²) in [5, 5.41) is 18.1. The Bertz CT molecular complexity index is 1130. The predicted octanol–water partition coefficient (Wildman–Crippen LogP) is 3.82. The Labute approximate surface area is 184 Å². The van der Waals surface area contributed by atoms with E-state index in [1.54, 1.807) is 26.2 Å². The van der Waals surface area contributed by atoms with E-state index in [0.717, 1.165) is 17.7 Å². The largest absolute Gasteiger partial charge is 0.497 e. The highest BCUT2D eigenvalue weighted by Gasteiger charge is 2.29. The average molecular weight is 437 g/mol. The van der Waals surface area contributed by atoms with Crippen molar-refractivity contribution < 1.29 is 19.0 Å². The lowest BCUT2D eigenvalue weighted by molar-refractivity contribution is -0.385. The Balaban J connectivity index is 1.44. The fourth-order valence-electron chi connectivity index (χ4n) is 3.76. The van der Waals surface area contributed by atoms with E-state index in [1.165, 1.54) is 6.07 Å². The molecule has 0 aliphatic carbocycles. The molecule has 166 valence electrons. The summed E-state index contributed by atoms with van der Waals surface area (Å²) in [6.45, 7) is 2.74. The lowest BCUT2D eigenvalue weighted by atomic mass is 9.97. The van der Waals surface area contributed by atoms with Crippen LogP contribution in [0.1, 0.15) is 18.4 Å². The van der Waals surface area contributed by atoms with Crippen LogP contribution in [0.25, 0.3) is 11.4 Å². The number of hydrogen-bond acceptors (Lipinski definition) is 8. The van der Waals surface area contributed by atoms with Crippen LogP contribution in [0.2, 0.25) is 0 Å². The van der Waals surface area contributed by atoms with Crippen molar-refractivity contribution in [2.24, 2.45) is 5.92 Å². The molecular weight excluding hydrogens is 414 g/mol. The monoisotopic (exact) mass is 437 g/mol. The number of nitro groups is 1. The molecule has 1 N–H and O–H groups in total. The highest BCUT2D eigenvalue weighted by atomic mass is 16.6. The summed E-state index contributed by atoms with van der Waals surface area (Å²) in [7, 11) is 1.60. The number of methoxy groups -OCH3 is 1. The van der Waals surface area contributed by atoms with Crippen LogP contribution >= 0.6 is 0 Å². The third-order valence-corrected chi connectivity index (χ3v) is 5.59. The van der Waals surface area contributed by atoms with Gasteiger partial charge in [-0.1, -0.05) is 11.2 Å². The van der Waals surface area contributed by atoms with Crippen LogP contribution in [0.4, 0.5) is 17.4 Å². The Kier molecular flexibility index (Phi) is 6.02. The van der Waals surface area contributed by atoms with Gasteiger partial charge in [-0.3, -0.25) is 14.9 Å². The first-order valence-electron chi connectivity index (χ1n) is 10.2. The van der Waals surface area contributed by atoms with Crippen molar-refractivity contribution in [2.45, 2.75) is 19.8 Å². The molecule has 0 radical (unpaired) electrons. The zero-order valence-electron chi connectivity index (χ0n) is 17.8. The Morgan fingerprint density at radius 2 is 2.06 bits per heavy atom. The van der Waals surface area contributed by atoms with Crippen LogP contribution in [0.5, 0.6) is 5.75 Å². The smallest absolute Gasteiger partial charge is 0.324 e. The number of nitrogens with zero attached hydrogens (tertiary/aromatic N) is 4. The fraction of sp³-hybridized carbons (Fsp3) is 0.318. The molecule has 2 heterocycles. The number of piperidine rings is 1. The number of benzene rings is 2. The van der Waals surface area contributed by atoms with Gasteiger partial charge in [0.25, 0.3) is 5.69 Å². The molecule has 32 heavy (non-hydrogen) atoms. The summed E-state index contributed by atoms with van der Waals surface area (Å²) in [6.07, 6.45) is 1.49. The van der Waals surface area contributed by atoms with Crippen molar-refractivity contribution in [3.05, 3.63) is 58.1 Å². The van der Waals surface area contributed by atoms with Gasteiger partial charge < -0.3 is 19.5 Å².